The fourth-order valence-electron chi connectivity index (χ4n) is 6.43. The first-order chi connectivity index (χ1) is 10.9. The lowest BCUT2D eigenvalue weighted by Crippen LogP contribution is -2.48. The highest BCUT2D eigenvalue weighted by Gasteiger charge is 2.64. The van der Waals surface area contributed by atoms with Crippen molar-refractivity contribution in [2.75, 3.05) is 12.8 Å². The van der Waals surface area contributed by atoms with Crippen LogP contribution in [0.25, 0.3) is 0 Å². The minimum atomic E-state index is -1.24. The van der Waals surface area contributed by atoms with Gasteiger partial charge in [0.25, 0.3) is 0 Å². The Kier molecular flexibility index (Phi) is 3.51. The molecule has 2 aliphatic carbocycles. The van der Waals surface area contributed by atoms with E-state index < -0.39 is 7.26 Å². The van der Waals surface area contributed by atoms with Gasteiger partial charge in [0.05, 0.1) is 32.2 Å². The van der Waals surface area contributed by atoms with Crippen LogP contribution < -0.4 is 0 Å². The van der Waals surface area contributed by atoms with Crippen LogP contribution in [0.4, 0.5) is 0 Å². The molecule has 4 rings (SSSR count). The Bertz CT molecular complexity index is 646. The zero-order chi connectivity index (χ0) is 16.4. The fourth-order valence-corrected chi connectivity index (χ4v) is 11.2. The van der Waals surface area contributed by atoms with Gasteiger partial charge in [-0.25, -0.2) is 0 Å². The molecule has 3 fully saturated rings. The lowest BCUT2D eigenvalue weighted by molar-refractivity contribution is -0.116. The Balaban J connectivity index is 1.72. The quantitative estimate of drug-likeness (QED) is 0.480. The normalized spacial score (nSPS) is 47.9. The van der Waals surface area contributed by atoms with Crippen molar-refractivity contribution in [3.63, 3.8) is 0 Å². The van der Waals surface area contributed by atoms with Crippen LogP contribution in [0, 0.1) is 17.3 Å². The van der Waals surface area contributed by atoms with Gasteiger partial charge in [0.15, 0.2) is 5.78 Å². The van der Waals surface area contributed by atoms with Crippen molar-refractivity contribution in [2.24, 2.45) is 17.3 Å². The Morgan fingerprint density at radius 1 is 1.26 bits per heavy atom. The molecule has 1 saturated carbocycles. The predicted octanol–water partition coefficient (Wildman–Crippen LogP) is 4.60. The minimum Gasteiger partial charge on any atom is -0.295 e. The van der Waals surface area contributed by atoms with Gasteiger partial charge in [0, 0.05) is 12.3 Å². The third-order valence-electron chi connectivity index (χ3n) is 7.68. The monoisotopic (exact) mass is 331 g/mol. The first kappa shape index (κ1) is 15.8. The van der Waals surface area contributed by atoms with Gasteiger partial charge >= 0.3 is 0 Å². The maximum atomic E-state index is 12.6. The summed E-state index contributed by atoms with van der Waals surface area (Å²) in [7, 11) is -1.24. The van der Waals surface area contributed by atoms with Gasteiger partial charge in [-0.1, -0.05) is 12.5 Å². The van der Waals surface area contributed by atoms with E-state index in [-0.39, 0.29) is 5.41 Å². The maximum absolute atomic E-state index is 12.6. The SMILES string of the molecule is C/C=C1\C(=O)CC2[C@@H]3CCC4=CC(=O)CC[C@]4(C)C3CC[P+]12C. The largest absolute Gasteiger partial charge is 0.295 e. The van der Waals surface area contributed by atoms with Gasteiger partial charge in [0.2, 0.25) is 5.78 Å². The number of rotatable bonds is 0. The van der Waals surface area contributed by atoms with E-state index in [9.17, 15) is 9.59 Å². The van der Waals surface area contributed by atoms with Crippen molar-refractivity contribution >= 4 is 18.8 Å². The molecular formula is C20H28O2P+. The van der Waals surface area contributed by atoms with E-state index in [0.717, 1.165) is 25.7 Å². The smallest absolute Gasteiger partial charge is 0.201 e. The fraction of sp³-hybridized carbons (Fsp3) is 0.700. The number of hydrogen-bond donors (Lipinski definition) is 0. The Morgan fingerprint density at radius 3 is 2.78 bits per heavy atom. The van der Waals surface area contributed by atoms with Gasteiger partial charge in [-0.3, -0.25) is 9.59 Å². The lowest BCUT2D eigenvalue weighted by Gasteiger charge is -2.54. The second kappa shape index (κ2) is 5.12. The summed E-state index contributed by atoms with van der Waals surface area (Å²) < 4.78 is 0. The number of allylic oxidation sites excluding steroid dienone is 4. The molecule has 0 spiro atoms. The molecule has 0 aromatic rings. The number of fused-ring (bicyclic) bond motifs is 5. The summed E-state index contributed by atoms with van der Waals surface area (Å²) in [6.07, 6.45) is 11.5. The molecule has 0 aromatic heterocycles. The van der Waals surface area contributed by atoms with Crippen LogP contribution in [0.15, 0.2) is 23.0 Å². The number of hydrogen-bond acceptors (Lipinski definition) is 2. The molecule has 0 aromatic carbocycles. The van der Waals surface area contributed by atoms with Crippen LogP contribution in [0.5, 0.6) is 0 Å². The summed E-state index contributed by atoms with van der Waals surface area (Å²) in [5, 5.41) is 1.21. The molecule has 2 nitrogen and oxygen atoms in total. The van der Waals surface area contributed by atoms with E-state index in [1.54, 1.807) is 0 Å². The summed E-state index contributed by atoms with van der Waals surface area (Å²) in [5.41, 5.74) is 2.28. The van der Waals surface area contributed by atoms with Gasteiger partial charge < -0.3 is 0 Å². The molecule has 0 radical (unpaired) electrons. The third-order valence-corrected chi connectivity index (χ3v) is 12.5. The molecule has 2 aliphatic heterocycles. The molecule has 2 saturated heterocycles. The van der Waals surface area contributed by atoms with E-state index in [0.29, 0.717) is 29.1 Å². The van der Waals surface area contributed by atoms with Gasteiger partial charge in [0.1, 0.15) is 5.31 Å². The zero-order valence-electron chi connectivity index (χ0n) is 14.6. The maximum Gasteiger partial charge on any atom is 0.201 e. The molecular weight excluding hydrogens is 303 g/mol. The summed E-state index contributed by atoms with van der Waals surface area (Å²) in [6, 6.07) is 0. The first-order valence-corrected chi connectivity index (χ1v) is 11.7. The highest BCUT2D eigenvalue weighted by Crippen LogP contribution is 2.79. The summed E-state index contributed by atoms with van der Waals surface area (Å²) in [6.45, 7) is 6.92. The summed E-state index contributed by atoms with van der Waals surface area (Å²) in [5.74, 6) is 2.17. The summed E-state index contributed by atoms with van der Waals surface area (Å²) >= 11 is 0. The molecule has 2 heterocycles. The molecule has 0 amide bonds. The highest BCUT2D eigenvalue weighted by molar-refractivity contribution is 7.81. The lowest BCUT2D eigenvalue weighted by atomic mass is 9.55. The van der Waals surface area contributed by atoms with Gasteiger partial charge in [-0.2, -0.15) is 0 Å². The molecule has 3 unspecified atom stereocenters. The van der Waals surface area contributed by atoms with E-state index in [1.807, 2.05) is 6.08 Å². The second-order valence-electron chi connectivity index (χ2n) is 8.51. The second-order valence-corrected chi connectivity index (χ2v) is 12.6. The predicted molar refractivity (Wildman–Crippen MR) is 96.1 cm³/mol. The van der Waals surface area contributed by atoms with Crippen molar-refractivity contribution in [2.45, 2.75) is 58.0 Å². The van der Waals surface area contributed by atoms with Crippen LogP contribution in [-0.2, 0) is 9.59 Å². The molecule has 0 bridgehead atoms. The molecule has 23 heavy (non-hydrogen) atoms. The minimum absolute atomic E-state index is 0.226. The van der Waals surface area contributed by atoms with Crippen LogP contribution in [0.2, 0.25) is 0 Å². The van der Waals surface area contributed by atoms with E-state index in [4.69, 9.17) is 0 Å². The Morgan fingerprint density at radius 2 is 2.04 bits per heavy atom. The Hall–Kier alpha value is -0.750. The number of Topliss-reactive ketones (excluding diaryl/α,β-unsaturated/α-hetero) is 1. The average Bonchev–Trinajstić information content (AvgIpc) is 2.77. The average molecular weight is 331 g/mol. The van der Waals surface area contributed by atoms with Crippen molar-refractivity contribution in [1.82, 2.24) is 0 Å². The number of carbonyl (C=O) groups is 2. The molecule has 0 N–H and O–H groups in total. The van der Waals surface area contributed by atoms with E-state index >= 15 is 0 Å². The van der Waals surface area contributed by atoms with Crippen LogP contribution in [0.1, 0.15) is 52.4 Å². The van der Waals surface area contributed by atoms with E-state index in [2.05, 4.69) is 26.6 Å². The first-order valence-electron chi connectivity index (χ1n) is 9.19. The number of carbonyl (C=O) groups excluding carboxylic acids is 2. The van der Waals surface area contributed by atoms with Gasteiger partial charge in [-0.15, -0.1) is 0 Å². The number of ketones is 2. The van der Waals surface area contributed by atoms with Crippen LogP contribution >= 0.6 is 7.26 Å². The van der Waals surface area contributed by atoms with Crippen LogP contribution in [-0.4, -0.2) is 30.1 Å². The van der Waals surface area contributed by atoms with Crippen molar-refractivity contribution in [3.8, 4) is 0 Å². The Labute approximate surface area is 140 Å². The molecule has 5 atom stereocenters. The van der Waals surface area contributed by atoms with Gasteiger partial charge in [-0.05, 0) is 56.1 Å². The van der Waals surface area contributed by atoms with Crippen LogP contribution in [0.3, 0.4) is 0 Å². The van der Waals surface area contributed by atoms with Crippen molar-refractivity contribution in [3.05, 3.63) is 23.0 Å². The summed E-state index contributed by atoms with van der Waals surface area (Å²) in [4.78, 5) is 24.4. The third kappa shape index (κ3) is 2.03. The molecule has 4 aliphatic rings. The van der Waals surface area contributed by atoms with Crippen molar-refractivity contribution < 1.29 is 9.59 Å². The standard InChI is InChI=1S/C20H28O2P/c1-4-18-17(22)12-19-15-6-5-13-11-14(21)7-9-20(13,2)16(15)8-10-23(18,19)3/h4,11,15-16,19H,5-10,12H2,1-3H3/q+1/b18-4+/t15-,16?,19?,20+,23?/m1/s1. The zero-order valence-corrected chi connectivity index (χ0v) is 15.5. The van der Waals surface area contributed by atoms with E-state index in [1.165, 1.54) is 29.9 Å². The topological polar surface area (TPSA) is 34.1 Å². The highest BCUT2D eigenvalue weighted by atomic mass is 31.2. The van der Waals surface area contributed by atoms with Crippen molar-refractivity contribution in [1.29, 1.82) is 0 Å². The molecule has 3 heteroatoms. The molecule has 124 valence electrons.